The van der Waals surface area contributed by atoms with Crippen molar-refractivity contribution in [3.8, 4) is 0 Å². The lowest BCUT2D eigenvalue weighted by molar-refractivity contribution is -0.167. The Morgan fingerprint density at radius 3 is 1.04 bits per heavy atom. The molecule has 6 heteroatoms. The molecule has 51 heavy (non-hydrogen) atoms. The monoisotopic (exact) mass is 719 g/mol. The maximum atomic E-state index is 12.7. The molecule has 0 aromatic carbocycles. The van der Waals surface area contributed by atoms with Crippen molar-refractivity contribution in [2.45, 2.75) is 232 Å². The molecular formula is C45H82O6. The Morgan fingerprint density at radius 2 is 0.647 bits per heavy atom. The minimum Gasteiger partial charge on any atom is -0.462 e. The van der Waals surface area contributed by atoms with Crippen LogP contribution in [0.5, 0.6) is 0 Å². The molecule has 0 rings (SSSR count). The molecule has 0 saturated heterocycles. The number of carbonyl (C=O) groups is 3. The SMILES string of the molecule is CCCCC/C=C\CCCCCCCC(=O)OC(COC(=O)CCCCCCC/C=C\CCCCCC)COC(=O)CCCCCCCCCC. The van der Waals surface area contributed by atoms with Crippen molar-refractivity contribution in [1.29, 1.82) is 0 Å². The van der Waals surface area contributed by atoms with Crippen LogP contribution in [0.4, 0.5) is 0 Å². The molecule has 0 amide bonds. The van der Waals surface area contributed by atoms with Crippen LogP contribution in [0.15, 0.2) is 24.3 Å². The summed E-state index contributed by atoms with van der Waals surface area (Å²) in [6.45, 7) is 6.54. The molecule has 0 aliphatic rings. The van der Waals surface area contributed by atoms with Gasteiger partial charge in [-0.15, -0.1) is 0 Å². The van der Waals surface area contributed by atoms with Gasteiger partial charge in [0.25, 0.3) is 0 Å². The summed E-state index contributed by atoms with van der Waals surface area (Å²) >= 11 is 0. The minimum atomic E-state index is -0.771. The molecule has 0 saturated carbocycles. The Hall–Kier alpha value is -2.11. The Balaban J connectivity index is 4.36. The summed E-state index contributed by atoms with van der Waals surface area (Å²) in [7, 11) is 0. The number of hydrogen-bond acceptors (Lipinski definition) is 6. The average molecular weight is 719 g/mol. The van der Waals surface area contributed by atoms with Gasteiger partial charge in [-0.05, 0) is 70.6 Å². The maximum absolute atomic E-state index is 12.7. The number of rotatable bonds is 39. The number of allylic oxidation sites excluding steroid dienone is 4. The van der Waals surface area contributed by atoms with Crippen molar-refractivity contribution in [3.05, 3.63) is 24.3 Å². The zero-order valence-corrected chi connectivity index (χ0v) is 33.9. The molecule has 0 fully saturated rings. The van der Waals surface area contributed by atoms with Crippen molar-refractivity contribution in [3.63, 3.8) is 0 Å². The van der Waals surface area contributed by atoms with Crippen LogP contribution in [0.2, 0.25) is 0 Å². The quantitative estimate of drug-likeness (QED) is 0.0272. The van der Waals surface area contributed by atoms with Crippen LogP contribution in [0.3, 0.4) is 0 Å². The van der Waals surface area contributed by atoms with E-state index < -0.39 is 6.10 Å². The highest BCUT2D eigenvalue weighted by Gasteiger charge is 2.19. The summed E-state index contributed by atoms with van der Waals surface area (Å²) in [6.07, 6.45) is 43.0. The van der Waals surface area contributed by atoms with E-state index in [0.29, 0.717) is 19.3 Å². The predicted octanol–water partition coefficient (Wildman–Crippen LogP) is 13.6. The lowest BCUT2D eigenvalue weighted by Gasteiger charge is -2.18. The van der Waals surface area contributed by atoms with Crippen molar-refractivity contribution >= 4 is 17.9 Å². The molecule has 0 spiro atoms. The van der Waals surface area contributed by atoms with Crippen molar-refractivity contribution < 1.29 is 28.6 Å². The van der Waals surface area contributed by atoms with E-state index in [1.54, 1.807) is 0 Å². The van der Waals surface area contributed by atoms with Crippen LogP contribution in [0.1, 0.15) is 226 Å². The first kappa shape index (κ1) is 48.9. The van der Waals surface area contributed by atoms with Gasteiger partial charge >= 0.3 is 17.9 Å². The highest BCUT2D eigenvalue weighted by atomic mass is 16.6. The lowest BCUT2D eigenvalue weighted by atomic mass is 10.1. The molecule has 0 aromatic heterocycles. The molecule has 1 unspecified atom stereocenters. The van der Waals surface area contributed by atoms with E-state index in [-0.39, 0.29) is 31.1 Å². The third-order valence-corrected chi connectivity index (χ3v) is 9.43. The van der Waals surface area contributed by atoms with Crippen molar-refractivity contribution in [1.82, 2.24) is 0 Å². The summed E-state index contributed by atoms with van der Waals surface area (Å²) < 4.78 is 16.6. The molecule has 0 N–H and O–H groups in total. The summed E-state index contributed by atoms with van der Waals surface area (Å²) in [5, 5.41) is 0. The molecule has 0 radical (unpaired) electrons. The molecular weight excluding hydrogens is 636 g/mol. The summed E-state index contributed by atoms with van der Waals surface area (Å²) in [6, 6.07) is 0. The smallest absolute Gasteiger partial charge is 0.306 e. The second-order valence-electron chi connectivity index (χ2n) is 14.6. The van der Waals surface area contributed by atoms with Crippen LogP contribution >= 0.6 is 0 Å². The standard InChI is InChI=1S/C45H82O6/c1-4-7-10-13-16-19-21-23-25-26-29-32-35-38-44(47)50-41-42(40-49-43(46)37-34-31-28-18-15-12-9-6-3)51-45(48)39-36-33-30-27-24-22-20-17-14-11-8-5-2/h17,19-21,42H,4-16,18,22-41H2,1-3H3/b20-17-,21-19-. The number of unbranched alkanes of at least 4 members (excludes halogenated alkanes) is 24. The van der Waals surface area contributed by atoms with Crippen LogP contribution in [-0.2, 0) is 28.6 Å². The van der Waals surface area contributed by atoms with E-state index in [0.717, 1.165) is 70.6 Å². The summed E-state index contributed by atoms with van der Waals surface area (Å²) in [4.78, 5) is 37.5. The van der Waals surface area contributed by atoms with E-state index >= 15 is 0 Å². The van der Waals surface area contributed by atoms with Gasteiger partial charge in [0.2, 0.25) is 0 Å². The van der Waals surface area contributed by atoms with Crippen LogP contribution in [-0.4, -0.2) is 37.2 Å². The van der Waals surface area contributed by atoms with E-state index in [9.17, 15) is 14.4 Å². The summed E-state index contributed by atoms with van der Waals surface area (Å²) in [5.74, 6) is -0.897. The Kier molecular flexibility index (Phi) is 39.0. The normalized spacial score (nSPS) is 12.1. The van der Waals surface area contributed by atoms with Crippen LogP contribution in [0, 0.1) is 0 Å². The van der Waals surface area contributed by atoms with Crippen LogP contribution < -0.4 is 0 Å². The van der Waals surface area contributed by atoms with Gasteiger partial charge in [-0.25, -0.2) is 0 Å². The van der Waals surface area contributed by atoms with Gasteiger partial charge in [-0.3, -0.25) is 14.4 Å². The number of hydrogen-bond donors (Lipinski definition) is 0. The van der Waals surface area contributed by atoms with E-state index in [1.807, 2.05) is 0 Å². The summed E-state index contributed by atoms with van der Waals surface area (Å²) in [5.41, 5.74) is 0. The number of ether oxygens (including phenoxy) is 3. The predicted molar refractivity (Wildman–Crippen MR) is 215 cm³/mol. The molecule has 0 heterocycles. The zero-order chi connectivity index (χ0) is 37.3. The van der Waals surface area contributed by atoms with Crippen LogP contribution in [0.25, 0.3) is 0 Å². The molecule has 6 nitrogen and oxygen atoms in total. The maximum Gasteiger partial charge on any atom is 0.306 e. The molecule has 1 atom stereocenters. The Bertz CT molecular complexity index is 835. The third-order valence-electron chi connectivity index (χ3n) is 9.43. The third kappa shape index (κ3) is 38.9. The Labute approximate surface area is 315 Å². The second-order valence-corrected chi connectivity index (χ2v) is 14.6. The largest absolute Gasteiger partial charge is 0.462 e. The Morgan fingerprint density at radius 1 is 0.373 bits per heavy atom. The topological polar surface area (TPSA) is 78.9 Å². The fraction of sp³-hybridized carbons (Fsp3) is 0.844. The fourth-order valence-corrected chi connectivity index (χ4v) is 6.08. The zero-order valence-electron chi connectivity index (χ0n) is 33.9. The second kappa shape index (κ2) is 40.7. The highest BCUT2D eigenvalue weighted by Crippen LogP contribution is 2.13. The van der Waals surface area contributed by atoms with E-state index in [4.69, 9.17) is 14.2 Å². The van der Waals surface area contributed by atoms with Gasteiger partial charge in [0.15, 0.2) is 6.10 Å². The first-order valence-electron chi connectivity index (χ1n) is 21.8. The first-order chi connectivity index (χ1) is 25.0. The molecule has 0 aromatic rings. The molecule has 298 valence electrons. The van der Waals surface area contributed by atoms with Gasteiger partial charge in [0.1, 0.15) is 13.2 Å². The molecule has 0 aliphatic heterocycles. The van der Waals surface area contributed by atoms with E-state index in [1.165, 1.54) is 116 Å². The fourth-order valence-electron chi connectivity index (χ4n) is 6.08. The highest BCUT2D eigenvalue weighted by molar-refractivity contribution is 5.71. The number of esters is 3. The van der Waals surface area contributed by atoms with Crippen molar-refractivity contribution in [2.24, 2.45) is 0 Å². The van der Waals surface area contributed by atoms with Gasteiger partial charge in [-0.2, -0.15) is 0 Å². The molecule has 0 bridgehead atoms. The number of carbonyl (C=O) groups excluding carboxylic acids is 3. The van der Waals surface area contributed by atoms with Gasteiger partial charge < -0.3 is 14.2 Å². The lowest BCUT2D eigenvalue weighted by Crippen LogP contribution is -2.30. The minimum absolute atomic E-state index is 0.0754. The van der Waals surface area contributed by atoms with E-state index in [2.05, 4.69) is 45.1 Å². The average Bonchev–Trinajstić information content (AvgIpc) is 3.12. The van der Waals surface area contributed by atoms with Gasteiger partial charge in [0, 0.05) is 19.3 Å². The van der Waals surface area contributed by atoms with Gasteiger partial charge in [-0.1, -0.05) is 161 Å². The first-order valence-corrected chi connectivity index (χ1v) is 21.8. The van der Waals surface area contributed by atoms with Gasteiger partial charge in [0.05, 0.1) is 0 Å². The molecule has 0 aliphatic carbocycles. The van der Waals surface area contributed by atoms with Crippen molar-refractivity contribution in [2.75, 3.05) is 13.2 Å².